The van der Waals surface area contributed by atoms with Crippen LogP contribution >= 0.6 is 11.6 Å². The highest BCUT2D eigenvalue weighted by Crippen LogP contribution is 2.60. The molecule has 0 radical (unpaired) electrons. The van der Waals surface area contributed by atoms with E-state index in [1.807, 2.05) is 0 Å². The molecule has 134 valence electrons. The Balaban J connectivity index is 1.48. The molecule has 1 aromatic carbocycles. The number of carbonyl (C=O) groups is 1. The lowest BCUT2D eigenvalue weighted by Gasteiger charge is -2.27. The number of hydrogen-bond donors (Lipinski definition) is 3. The second-order valence-electron chi connectivity index (χ2n) is 6.94. The number of aromatic nitrogens is 2. The van der Waals surface area contributed by atoms with Crippen LogP contribution in [-0.4, -0.2) is 33.4 Å². The SMILES string of the molecule is O=C(CC(F)(F)F)N[C@@H]1[C@@H]2C[C@@](O)(c3cc(Cl)cc4[nH]ncc34)C[C@@H]21. The molecule has 2 aliphatic rings. The van der Waals surface area contributed by atoms with Crippen molar-refractivity contribution in [2.75, 3.05) is 0 Å². The summed E-state index contributed by atoms with van der Waals surface area (Å²) in [7, 11) is 0. The summed E-state index contributed by atoms with van der Waals surface area (Å²) >= 11 is 6.11. The molecule has 25 heavy (non-hydrogen) atoms. The zero-order valence-corrected chi connectivity index (χ0v) is 13.7. The Hall–Kier alpha value is -1.80. The van der Waals surface area contributed by atoms with Crippen molar-refractivity contribution < 1.29 is 23.1 Å². The van der Waals surface area contributed by atoms with Crippen molar-refractivity contribution in [3.63, 3.8) is 0 Å². The van der Waals surface area contributed by atoms with E-state index in [0.717, 1.165) is 5.39 Å². The average molecular weight is 374 g/mol. The Labute approximate surface area is 145 Å². The van der Waals surface area contributed by atoms with Gasteiger partial charge in [-0.2, -0.15) is 18.3 Å². The molecule has 5 nitrogen and oxygen atoms in total. The van der Waals surface area contributed by atoms with E-state index in [0.29, 0.717) is 28.9 Å². The van der Waals surface area contributed by atoms with Crippen LogP contribution in [0.5, 0.6) is 0 Å². The van der Waals surface area contributed by atoms with Crippen molar-refractivity contribution in [3.05, 3.63) is 28.9 Å². The third-order valence-corrected chi connectivity index (χ3v) is 5.41. The number of aromatic amines is 1. The van der Waals surface area contributed by atoms with Crippen LogP contribution in [0.4, 0.5) is 13.2 Å². The monoisotopic (exact) mass is 373 g/mol. The lowest BCUT2D eigenvalue weighted by molar-refractivity contribution is -0.154. The summed E-state index contributed by atoms with van der Waals surface area (Å²) < 4.78 is 36.7. The minimum absolute atomic E-state index is 0.0249. The van der Waals surface area contributed by atoms with Gasteiger partial charge in [-0.15, -0.1) is 0 Å². The highest BCUT2D eigenvalue weighted by molar-refractivity contribution is 6.31. The molecule has 0 unspecified atom stereocenters. The number of nitrogens with zero attached hydrogens (tertiary/aromatic N) is 1. The molecule has 2 aromatic rings. The maximum absolute atomic E-state index is 12.2. The van der Waals surface area contributed by atoms with Gasteiger partial charge in [0.25, 0.3) is 0 Å². The minimum atomic E-state index is -4.51. The molecule has 1 heterocycles. The summed E-state index contributed by atoms with van der Waals surface area (Å²) in [5.41, 5.74) is 0.260. The predicted octanol–water partition coefficient (Wildman–Crippen LogP) is 2.88. The Morgan fingerprint density at radius 3 is 2.72 bits per heavy atom. The van der Waals surface area contributed by atoms with Crippen molar-refractivity contribution >= 4 is 28.4 Å². The van der Waals surface area contributed by atoms with Crippen LogP contribution in [0.2, 0.25) is 5.02 Å². The normalized spacial score (nSPS) is 31.2. The first-order chi connectivity index (χ1) is 11.7. The molecule has 0 spiro atoms. The topological polar surface area (TPSA) is 78.0 Å². The fraction of sp³-hybridized carbons (Fsp3) is 0.500. The number of aliphatic hydroxyl groups is 1. The Bertz CT molecular complexity index is 839. The van der Waals surface area contributed by atoms with Gasteiger partial charge in [-0.25, -0.2) is 0 Å². The molecular formula is C16H15ClF3N3O2. The number of H-pyrrole nitrogens is 1. The highest BCUT2D eigenvalue weighted by atomic mass is 35.5. The largest absolute Gasteiger partial charge is 0.397 e. The number of nitrogens with one attached hydrogen (secondary N) is 2. The first-order valence-corrected chi connectivity index (χ1v) is 8.26. The number of hydrogen-bond acceptors (Lipinski definition) is 3. The van der Waals surface area contributed by atoms with E-state index in [4.69, 9.17) is 11.6 Å². The molecule has 4 atom stereocenters. The summed E-state index contributed by atoms with van der Waals surface area (Å²) in [5.74, 6) is -1.07. The zero-order valence-electron chi connectivity index (χ0n) is 12.9. The summed E-state index contributed by atoms with van der Waals surface area (Å²) in [6.45, 7) is 0. The highest BCUT2D eigenvalue weighted by Gasteiger charge is 2.62. The maximum Gasteiger partial charge on any atom is 0.397 e. The maximum atomic E-state index is 12.2. The van der Waals surface area contributed by atoms with Gasteiger partial charge in [-0.3, -0.25) is 9.89 Å². The molecule has 0 aliphatic heterocycles. The van der Waals surface area contributed by atoms with Crippen molar-refractivity contribution in [2.24, 2.45) is 11.8 Å². The van der Waals surface area contributed by atoms with E-state index >= 15 is 0 Å². The van der Waals surface area contributed by atoms with E-state index < -0.39 is 24.1 Å². The van der Waals surface area contributed by atoms with E-state index in [1.165, 1.54) is 0 Å². The predicted molar refractivity (Wildman–Crippen MR) is 83.8 cm³/mol. The van der Waals surface area contributed by atoms with E-state index in [1.54, 1.807) is 18.3 Å². The number of carbonyl (C=O) groups excluding carboxylic acids is 1. The molecule has 2 aliphatic carbocycles. The minimum Gasteiger partial charge on any atom is -0.385 e. The van der Waals surface area contributed by atoms with Crippen LogP contribution in [0.1, 0.15) is 24.8 Å². The van der Waals surface area contributed by atoms with Gasteiger partial charge in [0.2, 0.25) is 5.91 Å². The number of amides is 1. The van der Waals surface area contributed by atoms with Gasteiger partial charge in [0.05, 0.1) is 17.3 Å². The van der Waals surface area contributed by atoms with Gasteiger partial charge < -0.3 is 10.4 Å². The van der Waals surface area contributed by atoms with Crippen LogP contribution in [0.25, 0.3) is 10.9 Å². The Kier molecular flexibility index (Phi) is 3.56. The molecule has 2 fully saturated rings. The van der Waals surface area contributed by atoms with Crippen LogP contribution in [0, 0.1) is 11.8 Å². The van der Waals surface area contributed by atoms with E-state index in [-0.39, 0.29) is 17.9 Å². The Morgan fingerprint density at radius 1 is 1.40 bits per heavy atom. The lowest BCUT2D eigenvalue weighted by atomic mass is 9.86. The van der Waals surface area contributed by atoms with Gasteiger partial charge in [-0.05, 0) is 42.4 Å². The fourth-order valence-corrected chi connectivity index (χ4v) is 4.34. The molecule has 3 N–H and O–H groups in total. The van der Waals surface area contributed by atoms with E-state index in [9.17, 15) is 23.1 Å². The van der Waals surface area contributed by atoms with Crippen LogP contribution in [0.3, 0.4) is 0 Å². The molecule has 0 saturated heterocycles. The van der Waals surface area contributed by atoms with Crippen molar-refractivity contribution in [2.45, 2.75) is 37.1 Å². The van der Waals surface area contributed by atoms with Gasteiger partial charge >= 0.3 is 6.18 Å². The smallest absolute Gasteiger partial charge is 0.385 e. The Morgan fingerprint density at radius 2 is 2.08 bits per heavy atom. The van der Waals surface area contributed by atoms with Crippen LogP contribution < -0.4 is 5.32 Å². The quantitative estimate of drug-likeness (QED) is 0.774. The van der Waals surface area contributed by atoms with Gasteiger partial charge in [0.15, 0.2) is 0 Å². The number of alkyl halides is 3. The van der Waals surface area contributed by atoms with Gasteiger partial charge in [-0.1, -0.05) is 11.6 Å². The summed E-state index contributed by atoms with van der Waals surface area (Å²) in [6.07, 6.45) is -3.63. The fourth-order valence-electron chi connectivity index (χ4n) is 4.12. The molecule has 4 rings (SSSR count). The summed E-state index contributed by atoms with van der Waals surface area (Å²) in [5, 5.41) is 21.5. The third kappa shape index (κ3) is 2.97. The summed E-state index contributed by atoms with van der Waals surface area (Å²) in [6, 6.07) is 3.11. The van der Waals surface area contributed by atoms with Gasteiger partial charge in [0.1, 0.15) is 6.42 Å². The zero-order chi connectivity index (χ0) is 18.0. The number of rotatable bonds is 3. The van der Waals surface area contributed by atoms with Gasteiger partial charge in [0, 0.05) is 16.5 Å². The first kappa shape index (κ1) is 16.7. The molecule has 1 aromatic heterocycles. The van der Waals surface area contributed by atoms with Crippen molar-refractivity contribution in [3.8, 4) is 0 Å². The number of halogens is 4. The molecular weight excluding hydrogens is 359 g/mol. The van der Waals surface area contributed by atoms with Crippen molar-refractivity contribution in [1.29, 1.82) is 0 Å². The molecule has 2 saturated carbocycles. The van der Waals surface area contributed by atoms with E-state index in [2.05, 4.69) is 15.5 Å². The standard InChI is InChI=1S/C16H15ClF3N3O2/c17-7-1-11(10-6-21-23-12(10)2-7)15(25)3-8-9(4-15)14(8)22-13(24)5-16(18,19)20/h1-2,6,8-9,14,25H,3-5H2,(H,21,23)(H,22,24)/t8-,9+,14-,15+. The first-order valence-electron chi connectivity index (χ1n) is 7.88. The molecule has 1 amide bonds. The third-order valence-electron chi connectivity index (χ3n) is 5.19. The lowest BCUT2D eigenvalue weighted by Crippen LogP contribution is -2.35. The second kappa shape index (κ2) is 5.35. The number of fused-ring (bicyclic) bond motifs is 2. The molecule has 9 heteroatoms. The average Bonchev–Trinajstić information content (AvgIpc) is 2.89. The molecule has 0 bridgehead atoms. The van der Waals surface area contributed by atoms with Crippen LogP contribution in [-0.2, 0) is 10.4 Å². The summed E-state index contributed by atoms with van der Waals surface area (Å²) in [4.78, 5) is 11.4. The number of benzene rings is 1. The second-order valence-corrected chi connectivity index (χ2v) is 7.37. The van der Waals surface area contributed by atoms with Crippen molar-refractivity contribution in [1.82, 2.24) is 15.5 Å². The van der Waals surface area contributed by atoms with Crippen LogP contribution in [0.15, 0.2) is 18.3 Å².